The molecule has 3 aromatic rings. The monoisotopic (exact) mass is 439 g/mol. The molecule has 0 spiro atoms. The van der Waals surface area contributed by atoms with Gasteiger partial charge in [-0.05, 0) is 47.7 Å². The number of sulfonamides is 1. The highest BCUT2D eigenvalue weighted by Crippen LogP contribution is 2.29. The maximum absolute atomic E-state index is 12.8. The number of carbonyl (C=O) groups excluding carboxylic acids is 1. The molecule has 0 saturated carbocycles. The van der Waals surface area contributed by atoms with Crippen molar-refractivity contribution in [1.82, 2.24) is 4.90 Å². The van der Waals surface area contributed by atoms with Crippen molar-refractivity contribution in [3.05, 3.63) is 70.9 Å². The molecule has 1 amide bonds. The van der Waals surface area contributed by atoms with Crippen LogP contribution < -0.4 is 5.32 Å². The van der Waals surface area contributed by atoms with Crippen molar-refractivity contribution in [2.75, 3.05) is 18.9 Å². The molecule has 0 bridgehead atoms. The summed E-state index contributed by atoms with van der Waals surface area (Å²) in [5.74, 6) is 0.353. The van der Waals surface area contributed by atoms with Gasteiger partial charge in [-0.1, -0.05) is 30.3 Å². The van der Waals surface area contributed by atoms with E-state index in [4.69, 9.17) is 0 Å². The Morgan fingerprint density at radius 1 is 1.07 bits per heavy atom. The minimum absolute atomic E-state index is 0.106. The molecule has 1 saturated heterocycles. The van der Waals surface area contributed by atoms with E-state index in [0.717, 1.165) is 24.1 Å². The van der Waals surface area contributed by atoms with Crippen LogP contribution in [0.5, 0.6) is 0 Å². The number of thiophene rings is 1. The first-order valence-corrected chi connectivity index (χ1v) is 11.9. The molecular weight excluding hydrogens is 418 g/mol. The topological polar surface area (TPSA) is 78.8 Å². The lowest BCUT2D eigenvalue weighted by Crippen LogP contribution is -2.20. The van der Waals surface area contributed by atoms with Gasteiger partial charge in [0.25, 0.3) is 15.9 Å². The summed E-state index contributed by atoms with van der Waals surface area (Å²) in [5.41, 5.74) is 2.37. The molecule has 0 aliphatic carbocycles. The number of likely N-dealkylation sites (tertiary alicyclic amines) is 1. The fraction of sp³-hybridized carbons (Fsp3) is 0.182. The van der Waals surface area contributed by atoms with Gasteiger partial charge in [-0.2, -0.15) is 8.42 Å². The molecule has 2 aromatic carbocycles. The van der Waals surface area contributed by atoms with E-state index in [1.54, 1.807) is 12.1 Å². The van der Waals surface area contributed by atoms with E-state index in [9.17, 15) is 13.2 Å². The maximum Gasteiger partial charge on any atom is 0.283 e. The predicted molar refractivity (Wildman–Crippen MR) is 121 cm³/mol. The van der Waals surface area contributed by atoms with Crippen molar-refractivity contribution in [2.45, 2.75) is 17.7 Å². The number of hydrogen-bond acceptors (Lipinski definition) is 4. The Balaban J connectivity index is 1.51. The lowest BCUT2D eigenvalue weighted by atomic mass is 10.1. The molecule has 0 unspecified atom stereocenters. The third-order valence-corrected chi connectivity index (χ3v) is 7.16. The number of nitrogens with zero attached hydrogens (tertiary/aromatic N) is 2. The van der Waals surface area contributed by atoms with Crippen LogP contribution in [-0.2, 0) is 10.0 Å². The van der Waals surface area contributed by atoms with Gasteiger partial charge in [0, 0.05) is 31.3 Å². The van der Waals surface area contributed by atoms with Crippen LogP contribution in [0, 0.1) is 0 Å². The summed E-state index contributed by atoms with van der Waals surface area (Å²) in [7, 11) is -1.93. The molecular formula is C22H21N3O3S2. The Morgan fingerprint density at radius 2 is 1.80 bits per heavy atom. The normalized spacial score (nSPS) is 15.5. The highest BCUT2D eigenvalue weighted by molar-refractivity contribution is 7.90. The molecule has 1 aliphatic rings. The van der Waals surface area contributed by atoms with Gasteiger partial charge in [0.2, 0.25) is 0 Å². The fourth-order valence-corrected chi connectivity index (χ4v) is 5.23. The summed E-state index contributed by atoms with van der Waals surface area (Å²) < 4.78 is 29.1. The number of amidine groups is 1. The van der Waals surface area contributed by atoms with Crippen LogP contribution in [-0.4, -0.2) is 38.7 Å². The van der Waals surface area contributed by atoms with Crippen molar-refractivity contribution < 1.29 is 13.2 Å². The molecule has 1 fully saturated rings. The number of carbonyl (C=O) groups is 1. The lowest BCUT2D eigenvalue weighted by Gasteiger charge is -2.11. The molecule has 0 atom stereocenters. The zero-order valence-electron chi connectivity index (χ0n) is 16.4. The van der Waals surface area contributed by atoms with Crippen molar-refractivity contribution in [3.8, 4) is 11.1 Å². The first kappa shape index (κ1) is 20.3. The number of benzene rings is 2. The number of nitrogens with one attached hydrogen (secondary N) is 1. The molecule has 1 aliphatic heterocycles. The number of anilines is 1. The van der Waals surface area contributed by atoms with Crippen molar-refractivity contribution in [3.63, 3.8) is 0 Å². The largest absolute Gasteiger partial charge is 0.362 e. The van der Waals surface area contributed by atoms with Crippen LogP contribution in [0.1, 0.15) is 22.5 Å². The van der Waals surface area contributed by atoms with Gasteiger partial charge in [0.05, 0.1) is 9.77 Å². The molecule has 30 heavy (non-hydrogen) atoms. The van der Waals surface area contributed by atoms with Crippen LogP contribution in [0.4, 0.5) is 5.69 Å². The quantitative estimate of drug-likeness (QED) is 0.636. The zero-order chi connectivity index (χ0) is 21.1. The second kappa shape index (κ2) is 8.41. The highest BCUT2D eigenvalue weighted by Gasteiger charge is 2.20. The molecule has 6 nitrogen and oxygen atoms in total. The van der Waals surface area contributed by atoms with Gasteiger partial charge in [0.1, 0.15) is 5.84 Å². The first-order chi connectivity index (χ1) is 14.4. The Labute approximate surface area is 179 Å². The van der Waals surface area contributed by atoms with E-state index in [2.05, 4.69) is 9.71 Å². The highest BCUT2D eigenvalue weighted by atomic mass is 32.2. The van der Waals surface area contributed by atoms with Gasteiger partial charge in [-0.3, -0.25) is 4.79 Å². The Hall–Kier alpha value is -2.97. The number of hydrogen-bond donors (Lipinski definition) is 1. The van der Waals surface area contributed by atoms with E-state index in [0.29, 0.717) is 22.8 Å². The van der Waals surface area contributed by atoms with Crippen LogP contribution in [0.3, 0.4) is 0 Å². The molecule has 4 rings (SSSR count). The fourth-order valence-electron chi connectivity index (χ4n) is 3.33. The standard InChI is InChI=1S/C22H21N3O3S2/c1-25-14-5-8-20(25)24-30(27,28)18-11-9-17(10-12-18)23-22(26)21-19(13-15-29-21)16-6-3-2-4-7-16/h2-4,6-7,9-13,15H,5,8,14H2,1H3,(H,23,26)/b24-20+. The number of amides is 1. The maximum atomic E-state index is 12.8. The van der Waals surface area contributed by atoms with Gasteiger partial charge in [-0.25, -0.2) is 0 Å². The Bertz CT molecular complexity index is 1180. The van der Waals surface area contributed by atoms with Gasteiger partial charge < -0.3 is 10.2 Å². The summed E-state index contributed by atoms with van der Waals surface area (Å²) in [4.78, 5) is 15.3. The average molecular weight is 440 g/mol. The summed E-state index contributed by atoms with van der Waals surface area (Å²) in [6.07, 6.45) is 1.57. The van der Waals surface area contributed by atoms with Gasteiger partial charge >= 0.3 is 0 Å². The average Bonchev–Trinajstić information content (AvgIpc) is 3.38. The summed E-state index contributed by atoms with van der Waals surface area (Å²) in [6, 6.07) is 17.7. The van der Waals surface area contributed by atoms with Crippen LogP contribution in [0.15, 0.2) is 75.3 Å². The van der Waals surface area contributed by atoms with Crippen molar-refractivity contribution >= 4 is 38.8 Å². The van der Waals surface area contributed by atoms with E-state index in [1.807, 2.05) is 53.7 Å². The Kier molecular flexibility index (Phi) is 5.69. The molecule has 0 radical (unpaired) electrons. The van der Waals surface area contributed by atoms with Gasteiger partial charge in [0.15, 0.2) is 0 Å². The molecule has 2 heterocycles. The van der Waals surface area contributed by atoms with Crippen LogP contribution >= 0.6 is 11.3 Å². The van der Waals surface area contributed by atoms with E-state index in [-0.39, 0.29) is 10.8 Å². The third-order valence-electron chi connectivity index (χ3n) is 4.93. The van der Waals surface area contributed by atoms with Gasteiger partial charge in [-0.15, -0.1) is 15.7 Å². The third kappa shape index (κ3) is 4.29. The first-order valence-electron chi connectivity index (χ1n) is 9.53. The van der Waals surface area contributed by atoms with Crippen molar-refractivity contribution in [2.24, 2.45) is 4.40 Å². The Morgan fingerprint density at radius 3 is 2.47 bits per heavy atom. The SMILES string of the molecule is CN1CCC/C1=N\S(=O)(=O)c1ccc(NC(=O)c2sccc2-c2ccccc2)cc1. The van der Waals surface area contributed by atoms with Crippen LogP contribution in [0.2, 0.25) is 0 Å². The minimum Gasteiger partial charge on any atom is -0.362 e. The molecule has 154 valence electrons. The van der Waals surface area contributed by atoms with Crippen molar-refractivity contribution in [1.29, 1.82) is 0 Å². The summed E-state index contributed by atoms with van der Waals surface area (Å²) in [6.45, 7) is 0.813. The molecule has 8 heteroatoms. The smallest absolute Gasteiger partial charge is 0.283 e. The van der Waals surface area contributed by atoms with E-state index >= 15 is 0 Å². The second-order valence-corrected chi connectivity index (χ2v) is 9.54. The minimum atomic E-state index is -3.77. The number of rotatable bonds is 5. The summed E-state index contributed by atoms with van der Waals surface area (Å²) >= 11 is 1.37. The van der Waals surface area contributed by atoms with E-state index in [1.165, 1.54) is 23.5 Å². The lowest BCUT2D eigenvalue weighted by molar-refractivity contribution is 0.103. The molecule has 1 aromatic heterocycles. The van der Waals surface area contributed by atoms with E-state index < -0.39 is 10.0 Å². The summed E-state index contributed by atoms with van der Waals surface area (Å²) in [5, 5.41) is 4.73. The van der Waals surface area contributed by atoms with Crippen LogP contribution in [0.25, 0.3) is 11.1 Å². The molecule has 1 N–H and O–H groups in total. The second-order valence-electron chi connectivity index (χ2n) is 7.02. The zero-order valence-corrected chi connectivity index (χ0v) is 18.0. The predicted octanol–water partition coefficient (Wildman–Crippen LogP) is 4.48.